The molecule has 5 nitrogen and oxygen atoms in total. The lowest BCUT2D eigenvalue weighted by Gasteiger charge is -2.08. The summed E-state index contributed by atoms with van der Waals surface area (Å²) in [6.45, 7) is 1.93. The number of benzene rings is 2. The number of aromatic nitrogens is 4. The molecule has 0 fully saturated rings. The number of rotatable bonds is 2. The topological polar surface area (TPSA) is 69.6 Å². The molecule has 106 valence electrons. The summed E-state index contributed by atoms with van der Waals surface area (Å²) in [7, 11) is 0. The van der Waals surface area contributed by atoms with Gasteiger partial charge < -0.3 is 5.73 Å². The Labute approximate surface area is 131 Å². The van der Waals surface area contributed by atoms with Crippen molar-refractivity contribution in [2.24, 2.45) is 0 Å². The van der Waals surface area contributed by atoms with E-state index < -0.39 is 0 Å². The normalized spacial score (nSPS) is 10.8. The van der Waals surface area contributed by atoms with Gasteiger partial charge in [-0.1, -0.05) is 29.3 Å². The number of nitrogens with zero attached hydrogens (tertiary/aromatic N) is 4. The maximum Gasteiger partial charge on any atom is 0.187 e. The van der Waals surface area contributed by atoms with Crippen LogP contribution in [0.15, 0.2) is 36.4 Å². The highest BCUT2D eigenvalue weighted by Gasteiger charge is 2.15. The van der Waals surface area contributed by atoms with Gasteiger partial charge in [-0.25, -0.2) is 0 Å². The van der Waals surface area contributed by atoms with Crippen LogP contribution in [0.3, 0.4) is 0 Å². The van der Waals surface area contributed by atoms with Crippen molar-refractivity contribution in [3.8, 4) is 17.1 Å². The first-order valence-corrected chi connectivity index (χ1v) is 6.93. The van der Waals surface area contributed by atoms with Crippen molar-refractivity contribution in [3.63, 3.8) is 0 Å². The second-order valence-corrected chi connectivity index (χ2v) is 5.34. The molecule has 0 saturated heterocycles. The Morgan fingerprint density at radius 3 is 2.71 bits per heavy atom. The summed E-state index contributed by atoms with van der Waals surface area (Å²) in [6.07, 6.45) is 0. The van der Waals surface area contributed by atoms with Crippen molar-refractivity contribution in [2.75, 3.05) is 5.73 Å². The van der Waals surface area contributed by atoms with E-state index in [9.17, 15) is 0 Å². The fourth-order valence-corrected chi connectivity index (χ4v) is 2.38. The summed E-state index contributed by atoms with van der Waals surface area (Å²) in [5, 5.41) is 12.6. The molecule has 2 aromatic carbocycles. The number of anilines is 1. The predicted molar refractivity (Wildman–Crippen MR) is 83.8 cm³/mol. The number of aryl methyl sites for hydroxylation is 1. The van der Waals surface area contributed by atoms with E-state index in [1.807, 2.05) is 25.1 Å². The molecule has 0 spiro atoms. The van der Waals surface area contributed by atoms with Gasteiger partial charge in [-0.15, -0.1) is 5.10 Å². The van der Waals surface area contributed by atoms with Crippen LogP contribution in [0, 0.1) is 6.92 Å². The van der Waals surface area contributed by atoms with E-state index in [1.54, 1.807) is 22.9 Å². The molecule has 3 rings (SSSR count). The molecule has 0 saturated carbocycles. The van der Waals surface area contributed by atoms with Gasteiger partial charge >= 0.3 is 0 Å². The molecule has 0 radical (unpaired) electrons. The van der Waals surface area contributed by atoms with E-state index >= 15 is 0 Å². The van der Waals surface area contributed by atoms with Crippen LogP contribution in [0.5, 0.6) is 0 Å². The molecule has 0 atom stereocenters. The van der Waals surface area contributed by atoms with Crippen molar-refractivity contribution in [3.05, 3.63) is 52.0 Å². The molecule has 0 bridgehead atoms. The van der Waals surface area contributed by atoms with Crippen LogP contribution in [0.1, 0.15) is 5.56 Å². The minimum absolute atomic E-state index is 0.403. The van der Waals surface area contributed by atoms with Crippen LogP contribution in [-0.2, 0) is 0 Å². The van der Waals surface area contributed by atoms with Gasteiger partial charge in [-0.05, 0) is 53.2 Å². The third-order valence-electron chi connectivity index (χ3n) is 3.16. The van der Waals surface area contributed by atoms with E-state index in [1.165, 1.54) is 0 Å². The Bertz CT molecular complexity index is 813. The summed E-state index contributed by atoms with van der Waals surface area (Å²) < 4.78 is 1.55. The van der Waals surface area contributed by atoms with Gasteiger partial charge in [-0.2, -0.15) is 4.68 Å². The molecule has 3 aromatic rings. The SMILES string of the molecule is Cc1cc(-c2nnnn2-c2cccc(Cl)c2Cl)ccc1N. The number of nitrogens with two attached hydrogens (primary N) is 1. The highest BCUT2D eigenvalue weighted by atomic mass is 35.5. The first-order chi connectivity index (χ1) is 10.1. The van der Waals surface area contributed by atoms with E-state index in [2.05, 4.69) is 15.5 Å². The largest absolute Gasteiger partial charge is 0.399 e. The lowest BCUT2D eigenvalue weighted by Crippen LogP contribution is -2.01. The average molecular weight is 320 g/mol. The van der Waals surface area contributed by atoms with Crippen molar-refractivity contribution in [1.82, 2.24) is 20.2 Å². The standard InChI is InChI=1S/C14H11Cl2N5/c1-8-7-9(5-6-11(8)17)14-18-19-20-21(14)12-4-2-3-10(15)13(12)16/h2-7H,17H2,1H3. The molecule has 1 aromatic heterocycles. The molecule has 21 heavy (non-hydrogen) atoms. The highest BCUT2D eigenvalue weighted by Crippen LogP contribution is 2.30. The smallest absolute Gasteiger partial charge is 0.187 e. The second kappa shape index (κ2) is 5.35. The van der Waals surface area contributed by atoms with Crippen LogP contribution < -0.4 is 5.73 Å². The summed E-state index contributed by atoms with van der Waals surface area (Å²) in [5.41, 5.74) is 8.99. The van der Waals surface area contributed by atoms with E-state index in [0.29, 0.717) is 21.6 Å². The third kappa shape index (κ3) is 2.46. The zero-order chi connectivity index (χ0) is 15.0. The number of tetrazole rings is 1. The maximum absolute atomic E-state index is 6.23. The van der Waals surface area contributed by atoms with Gasteiger partial charge in [0.15, 0.2) is 5.82 Å². The average Bonchev–Trinajstić information content (AvgIpc) is 2.94. The monoisotopic (exact) mass is 319 g/mol. The second-order valence-electron chi connectivity index (χ2n) is 4.56. The summed E-state index contributed by atoms with van der Waals surface area (Å²) in [5.74, 6) is 0.572. The Kier molecular flexibility index (Phi) is 3.53. The lowest BCUT2D eigenvalue weighted by molar-refractivity contribution is 0.791. The van der Waals surface area contributed by atoms with Crippen molar-refractivity contribution in [2.45, 2.75) is 6.92 Å². The Hall–Kier alpha value is -2.11. The van der Waals surface area contributed by atoms with Crippen LogP contribution in [0.4, 0.5) is 5.69 Å². The van der Waals surface area contributed by atoms with Gasteiger partial charge in [0.25, 0.3) is 0 Å². The van der Waals surface area contributed by atoms with E-state index in [0.717, 1.165) is 16.8 Å². The Morgan fingerprint density at radius 1 is 1.14 bits per heavy atom. The Morgan fingerprint density at radius 2 is 1.95 bits per heavy atom. The first kappa shape index (κ1) is 13.9. The summed E-state index contributed by atoms with van der Waals surface area (Å²) in [4.78, 5) is 0. The predicted octanol–water partition coefficient (Wildman–Crippen LogP) is 3.53. The fraction of sp³-hybridized carbons (Fsp3) is 0.0714. The number of hydrogen-bond donors (Lipinski definition) is 1. The molecular weight excluding hydrogens is 309 g/mol. The highest BCUT2D eigenvalue weighted by molar-refractivity contribution is 6.43. The van der Waals surface area contributed by atoms with Crippen LogP contribution >= 0.6 is 23.2 Å². The minimum Gasteiger partial charge on any atom is -0.399 e. The van der Waals surface area contributed by atoms with Crippen LogP contribution in [-0.4, -0.2) is 20.2 Å². The molecule has 0 aliphatic rings. The fourth-order valence-electron chi connectivity index (χ4n) is 2.00. The number of halogens is 2. The van der Waals surface area contributed by atoms with Crippen molar-refractivity contribution >= 4 is 28.9 Å². The third-order valence-corrected chi connectivity index (χ3v) is 3.97. The number of nitrogen functional groups attached to an aromatic ring is 1. The molecule has 0 unspecified atom stereocenters. The molecule has 1 heterocycles. The quantitative estimate of drug-likeness (QED) is 0.733. The Balaban J connectivity index is 2.17. The van der Waals surface area contributed by atoms with Gasteiger partial charge in [-0.3, -0.25) is 0 Å². The molecule has 0 aliphatic heterocycles. The van der Waals surface area contributed by atoms with Crippen LogP contribution in [0.25, 0.3) is 17.1 Å². The molecule has 0 amide bonds. The summed E-state index contributed by atoms with van der Waals surface area (Å²) >= 11 is 12.3. The molecular formula is C14H11Cl2N5. The molecule has 2 N–H and O–H groups in total. The minimum atomic E-state index is 0.403. The van der Waals surface area contributed by atoms with Gasteiger partial charge in [0.2, 0.25) is 0 Å². The van der Waals surface area contributed by atoms with Crippen molar-refractivity contribution in [1.29, 1.82) is 0 Å². The first-order valence-electron chi connectivity index (χ1n) is 6.17. The van der Waals surface area contributed by atoms with Gasteiger partial charge in [0.1, 0.15) is 0 Å². The summed E-state index contributed by atoms with van der Waals surface area (Å²) in [6, 6.07) is 10.9. The zero-order valence-corrected chi connectivity index (χ0v) is 12.6. The van der Waals surface area contributed by atoms with E-state index in [4.69, 9.17) is 28.9 Å². The van der Waals surface area contributed by atoms with Gasteiger partial charge in [0, 0.05) is 11.3 Å². The lowest BCUT2D eigenvalue weighted by atomic mass is 10.1. The molecule has 0 aliphatic carbocycles. The van der Waals surface area contributed by atoms with Crippen LogP contribution in [0.2, 0.25) is 10.0 Å². The van der Waals surface area contributed by atoms with E-state index in [-0.39, 0.29) is 0 Å². The van der Waals surface area contributed by atoms with Gasteiger partial charge in [0.05, 0.1) is 15.7 Å². The maximum atomic E-state index is 6.23. The zero-order valence-electron chi connectivity index (χ0n) is 11.1. The van der Waals surface area contributed by atoms with Crippen molar-refractivity contribution < 1.29 is 0 Å². The molecule has 7 heteroatoms. The number of hydrogen-bond acceptors (Lipinski definition) is 4.